The summed E-state index contributed by atoms with van der Waals surface area (Å²) < 4.78 is 0. The third kappa shape index (κ3) is 6.33. The van der Waals surface area contributed by atoms with E-state index >= 15 is 0 Å². The molecule has 0 N–H and O–H groups in total. The predicted octanol–water partition coefficient (Wildman–Crippen LogP) is -0.110. The SMILES string of the molecule is C.CN1CCN(C)C(=O)C1.CN1CCN(C)CC1. The minimum absolute atomic E-state index is 0. The highest BCUT2D eigenvalue weighted by Crippen LogP contribution is 1.96. The Morgan fingerprint density at radius 3 is 1.44 bits per heavy atom. The largest absolute Gasteiger partial charge is 0.343 e. The second-order valence-electron chi connectivity index (χ2n) is 5.16. The van der Waals surface area contributed by atoms with Gasteiger partial charge in [0.05, 0.1) is 6.54 Å². The van der Waals surface area contributed by atoms with Crippen LogP contribution in [0.1, 0.15) is 7.43 Å². The van der Waals surface area contributed by atoms with Crippen LogP contribution in [0.2, 0.25) is 0 Å². The van der Waals surface area contributed by atoms with E-state index in [-0.39, 0.29) is 13.3 Å². The van der Waals surface area contributed by atoms with Gasteiger partial charge in [-0.3, -0.25) is 9.69 Å². The third-order valence-electron chi connectivity index (χ3n) is 3.37. The molecule has 5 heteroatoms. The summed E-state index contributed by atoms with van der Waals surface area (Å²) in [5.41, 5.74) is 0. The van der Waals surface area contributed by atoms with Crippen LogP contribution in [0.3, 0.4) is 0 Å². The maximum absolute atomic E-state index is 10.9. The first-order valence-corrected chi connectivity index (χ1v) is 6.28. The Hall–Kier alpha value is -0.650. The van der Waals surface area contributed by atoms with Crippen LogP contribution in [0, 0.1) is 0 Å². The van der Waals surface area contributed by atoms with Gasteiger partial charge in [0.2, 0.25) is 5.91 Å². The van der Waals surface area contributed by atoms with Gasteiger partial charge < -0.3 is 14.7 Å². The lowest BCUT2D eigenvalue weighted by Gasteiger charge is -2.28. The highest BCUT2D eigenvalue weighted by Gasteiger charge is 2.16. The van der Waals surface area contributed by atoms with Crippen LogP contribution >= 0.6 is 0 Å². The average Bonchev–Trinajstić information content (AvgIpc) is 2.29. The molecular formula is C13H30N4O. The molecule has 2 aliphatic rings. The summed E-state index contributed by atoms with van der Waals surface area (Å²) in [6, 6.07) is 0. The summed E-state index contributed by atoms with van der Waals surface area (Å²) in [4.78, 5) is 19.4. The van der Waals surface area contributed by atoms with E-state index < -0.39 is 0 Å². The number of hydrogen-bond donors (Lipinski definition) is 0. The molecule has 108 valence electrons. The summed E-state index contributed by atoms with van der Waals surface area (Å²) in [6.07, 6.45) is 0. The molecule has 2 aliphatic heterocycles. The second kappa shape index (κ2) is 8.45. The van der Waals surface area contributed by atoms with Gasteiger partial charge in [0, 0.05) is 46.3 Å². The maximum atomic E-state index is 10.9. The Morgan fingerprint density at radius 1 is 0.722 bits per heavy atom. The molecule has 0 aliphatic carbocycles. The number of carbonyl (C=O) groups excluding carboxylic acids is 1. The zero-order valence-electron chi connectivity index (χ0n) is 11.6. The van der Waals surface area contributed by atoms with Crippen LogP contribution in [-0.2, 0) is 4.79 Å². The molecule has 0 aromatic rings. The Kier molecular flexibility index (Phi) is 8.15. The monoisotopic (exact) mass is 258 g/mol. The fourth-order valence-corrected chi connectivity index (χ4v) is 1.78. The van der Waals surface area contributed by atoms with Crippen LogP contribution in [0.5, 0.6) is 0 Å². The van der Waals surface area contributed by atoms with Crippen LogP contribution in [0.4, 0.5) is 0 Å². The van der Waals surface area contributed by atoms with Gasteiger partial charge in [-0.25, -0.2) is 0 Å². The normalized spacial score (nSPS) is 23.1. The number of carbonyl (C=O) groups is 1. The van der Waals surface area contributed by atoms with Gasteiger partial charge in [-0.15, -0.1) is 0 Å². The molecule has 0 radical (unpaired) electrons. The fraction of sp³-hybridized carbons (Fsp3) is 0.923. The van der Waals surface area contributed by atoms with Gasteiger partial charge in [0.1, 0.15) is 0 Å². The van der Waals surface area contributed by atoms with Gasteiger partial charge in [0.15, 0.2) is 0 Å². The molecule has 2 rings (SSSR count). The Balaban J connectivity index is 0.000000306. The van der Waals surface area contributed by atoms with E-state index in [4.69, 9.17) is 0 Å². The van der Waals surface area contributed by atoms with E-state index in [2.05, 4.69) is 23.9 Å². The van der Waals surface area contributed by atoms with Crippen molar-refractivity contribution in [1.29, 1.82) is 0 Å². The predicted molar refractivity (Wildman–Crippen MR) is 76.9 cm³/mol. The molecule has 0 aromatic carbocycles. The van der Waals surface area contributed by atoms with Crippen molar-refractivity contribution in [2.45, 2.75) is 7.43 Å². The van der Waals surface area contributed by atoms with E-state index in [0.29, 0.717) is 6.54 Å². The lowest BCUT2D eigenvalue weighted by atomic mass is 10.3. The van der Waals surface area contributed by atoms with Crippen LogP contribution in [-0.4, -0.2) is 99.5 Å². The van der Waals surface area contributed by atoms with Gasteiger partial charge in [0.25, 0.3) is 0 Å². The molecule has 0 spiro atoms. The first-order chi connectivity index (χ1) is 7.99. The summed E-state index contributed by atoms with van der Waals surface area (Å²) in [5.74, 6) is 0.226. The molecule has 5 nitrogen and oxygen atoms in total. The molecule has 0 bridgehead atoms. The molecule has 2 heterocycles. The van der Waals surface area contributed by atoms with E-state index in [1.807, 2.05) is 19.0 Å². The van der Waals surface area contributed by atoms with Crippen LogP contribution in [0.15, 0.2) is 0 Å². The molecule has 2 saturated heterocycles. The molecule has 1 amide bonds. The maximum Gasteiger partial charge on any atom is 0.236 e. The molecule has 0 saturated carbocycles. The lowest BCUT2D eigenvalue weighted by Crippen LogP contribution is -2.46. The highest BCUT2D eigenvalue weighted by molar-refractivity contribution is 5.78. The van der Waals surface area contributed by atoms with Crippen molar-refractivity contribution in [1.82, 2.24) is 19.6 Å². The van der Waals surface area contributed by atoms with Crippen molar-refractivity contribution in [2.24, 2.45) is 0 Å². The van der Waals surface area contributed by atoms with Crippen molar-refractivity contribution < 1.29 is 4.79 Å². The minimum Gasteiger partial charge on any atom is -0.343 e. The van der Waals surface area contributed by atoms with Crippen molar-refractivity contribution >= 4 is 5.91 Å². The third-order valence-corrected chi connectivity index (χ3v) is 3.37. The quantitative estimate of drug-likeness (QED) is 0.606. The number of likely N-dealkylation sites (N-methyl/N-ethyl adjacent to an activating group) is 4. The number of rotatable bonds is 0. The van der Waals surface area contributed by atoms with E-state index in [9.17, 15) is 4.79 Å². The van der Waals surface area contributed by atoms with Crippen molar-refractivity contribution in [2.75, 3.05) is 74.0 Å². The molecule has 18 heavy (non-hydrogen) atoms. The smallest absolute Gasteiger partial charge is 0.236 e. The van der Waals surface area contributed by atoms with Gasteiger partial charge in [-0.1, -0.05) is 7.43 Å². The Bertz CT molecular complexity index is 229. The second-order valence-corrected chi connectivity index (χ2v) is 5.16. The number of piperazine rings is 2. The number of nitrogens with zero attached hydrogens (tertiary/aromatic N) is 4. The molecule has 0 aromatic heterocycles. The number of amides is 1. The van der Waals surface area contributed by atoms with Gasteiger partial charge >= 0.3 is 0 Å². The molecule has 2 fully saturated rings. The number of hydrogen-bond acceptors (Lipinski definition) is 4. The molecule has 0 unspecified atom stereocenters. The Morgan fingerprint density at radius 2 is 1.11 bits per heavy atom. The zero-order chi connectivity index (χ0) is 12.8. The standard InChI is InChI=1S/C6H12N2O.C6H14N2.CH4/c1-7-3-4-8(2)6(9)5-7;1-7-3-5-8(2)6-4-7;/h3-5H2,1-2H3;3-6H2,1-2H3;1H4. The van der Waals surface area contributed by atoms with Gasteiger partial charge in [-0.2, -0.15) is 0 Å². The first kappa shape index (κ1) is 17.4. The first-order valence-electron chi connectivity index (χ1n) is 6.28. The lowest BCUT2D eigenvalue weighted by molar-refractivity contribution is -0.133. The van der Waals surface area contributed by atoms with E-state index in [1.165, 1.54) is 26.2 Å². The zero-order valence-corrected chi connectivity index (χ0v) is 11.6. The highest BCUT2D eigenvalue weighted by atomic mass is 16.2. The topological polar surface area (TPSA) is 30.0 Å². The van der Waals surface area contributed by atoms with Gasteiger partial charge in [-0.05, 0) is 21.1 Å². The van der Waals surface area contributed by atoms with Crippen LogP contribution < -0.4 is 0 Å². The Labute approximate surface area is 112 Å². The summed E-state index contributed by atoms with van der Waals surface area (Å²) in [7, 11) is 8.15. The molecular weight excluding hydrogens is 228 g/mol. The van der Waals surface area contributed by atoms with Crippen molar-refractivity contribution in [3.8, 4) is 0 Å². The summed E-state index contributed by atoms with van der Waals surface area (Å²) >= 11 is 0. The van der Waals surface area contributed by atoms with E-state index in [1.54, 1.807) is 4.90 Å². The van der Waals surface area contributed by atoms with Crippen molar-refractivity contribution in [3.05, 3.63) is 0 Å². The van der Waals surface area contributed by atoms with Crippen molar-refractivity contribution in [3.63, 3.8) is 0 Å². The van der Waals surface area contributed by atoms with Crippen LogP contribution in [0.25, 0.3) is 0 Å². The molecule has 0 atom stereocenters. The summed E-state index contributed by atoms with van der Waals surface area (Å²) in [6.45, 7) is 7.38. The van der Waals surface area contributed by atoms with E-state index in [0.717, 1.165) is 13.1 Å². The summed E-state index contributed by atoms with van der Waals surface area (Å²) in [5, 5.41) is 0. The fourth-order valence-electron chi connectivity index (χ4n) is 1.78. The average molecular weight is 258 g/mol. The minimum atomic E-state index is 0.